The largest absolute Gasteiger partial charge is 0.308 e. The summed E-state index contributed by atoms with van der Waals surface area (Å²) in [5, 5.41) is 10.2. The van der Waals surface area contributed by atoms with Gasteiger partial charge >= 0.3 is 0 Å². The van der Waals surface area contributed by atoms with Crippen LogP contribution in [-0.2, 0) is 0 Å². The lowest BCUT2D eigenvalue weighted by molar-refractivity contribution is 1.16. The lowest BCUT2D eigenvalue weighted by Crippen LogP contribution is -1.97. The second-order valence-electron chi connectivity index (χ2n) is 10.8. The van der Waals surface area contributed by atoms with Crippen molar-refractivity contribution in [2.75, 3.05) is 0 Å². The molecule has 5 heteroatoms. The van der Waals surface area contributed by atoms with Crippen LogP contribution < -0.4 is 0 Å². The molecule has 0 amide bonds. The first-order valence-electron chi connectivity index (χ1n) is 14.8. The summed E-state index contributed by atoms with van der Waals surface area (Å²) in [4.78, 5) is 15.3. The van der Waals surface area contributed by atoms with Crippen molar-refractivity contribution in [1.29, 1.82) is 5.26 Å². The monoisotopic (exact) mass is 575 g/mol. The maximum atomic E-state index is 9.15. The average Bonchev–Trinajstić information content (AvgIpc) is 3.46. The molecule has 0 atom stereocenters. The van der Waals surface area contributed by atoms with Gasteiger partial charge in [0, 0.05) is 22.2 Å². The van der Waals surface area contributed by atoms with Crippen LogP contribution in [0.4, 0.5) is 0 Å². The molecular formula is C40H25N5. The molecule has 0 saturated heterocycles. The molecule has 0 saturated carbocycles. The van der Waals surface area contributed by atoms with E-state index in [1.54, 1.807) is 0 Å². The molecule has 0 fully saturated rings. The number of aromatic nitrogens is 4. The van der Waals surface area contributed by atoms with E-state index in [0.717, 1.165) is 67.0 Å². The Morgan fingerprint density at radius 1 is 0.467 bits per heavy atom. The van der Waals surface area contributed by atoms with Gasteiger partial charge < -0.3 is 4.57 Å². The predicted octanol–water partition coefficient (Wildman–Crippen LogP) is 9.51. The van der Waals surface area contributed by atoms with Crippen molar-refractivity contribution in [3.8, 4) is 56.9 Å². The van der Waals surface area contributed by atoms with Crippen LogP contribution in [-0.4, -0.2) is 19.5 Å². The van der Waals surface area contributed by atoms with Crippen LogP contribution >= 0.6 is 0 Å². The fourth-order valence-electron chi connectivity index (χ4n) is 5.84. The van der Waals surface area contributed by atoms with Crippen molar-refractivity contribution in [3.63, 3.8) is 0 Å². The Morgan fingerprint density at radius 2 is 1.09 bits per heavy atom. The van der Waals surface area contributed by atoms with Crippen LogP contribution in [0.25, 0.3) is 72.8 Å². The fourth-order valence-corrected chi connectivity index (χ4v) is 5.84. The number of nitrogens with zero attached hydrogens (tertiary/aromatic N) is 5. The Labute approximate surface area is 260 Å². The summed E-state index contributed by atoms with van der Waals surface area (Å²) in [5.41, 5.74) is 11.2. The zero-order valence-corrected chi connectivity index (χ0v) is 24.2. The zero-order valence-electron chi connectivity index (χ0n) is 24.2. The molecule has 45 heavy (non-hydrogen) atoms. The van der Waals surface area contributed by atoms with Gasteiger partial charge in [0.15, 0.2) is 5.82 Å². The molecule has 0 aliphatic carbocycles. The van der Waals surface area contributed by atoms with E-state index < -0.39 is 0 Å². The van der Waals surface area contributed by atoms with E-state index in [-0.39, 0.29) is 0 Å². The van der Waals surface area contributed by atoms with Gasteiger partial charge in [-0.05, 0) is 59.7 Å². The van der Waals surface area contributed by atoms with Crippen molar-refractivity contribution in [2.45, 2.75) is 0 Å². The SMILES string of the molecule is N#Cc1ccc(-c2ccc(-c3nc(-c4ccccc4)cc(-c4ccc5c(n4)c4ccccc4n5-c4ccccc4)n3)cc2)cc1. The molecule has 5 nitrogen and oxygen atoms in total. The maximum Gasteiger partial charge on any atom is 0.160 e. The number of para-hydroxylation sites is 2. The Bertz CT molecular complexity index is 2350. The number of fused-ring (bicyclic) bond motifs is 3. The first kappa shape index (κ1) is 26.3. The number of rotatable bonds is 5. The van der Waals surface area contributed by atoms with Gasteiger partial charge in [0.2, 0.25) is 0 Å². The van der Waals surface area contributed by atoms with E-state index in [0.29, 0.717) is 11.4 Å². The van der Waals surface area contributed by atoms with Gasteiger partial charge in [0.25, 0.3) is 0 Å². The minimum absolute atomic E-state index is 0.631. The highest BCUT2D eigenvalue weighted by Crippen LogP contribution is 2.34. The standard InChI is InChI=1S/C40H25N5/c41-26-27-15-17-28(18-16-27)29-19-21-31(22-20-29)40-43-35(30-9-3-1-4-10-30)25-36(44-40)34-23-24-38-39(42-34)33-13-7-8-14-37(33)45(38)32-11-5-2-6-12-32/h1-25H. The van der Waals surface area contributed by atoms with Gasteiger partial charge in [-0.1, -0.05) is 103 Å². The zero-order chi connectivity index (χ0) is 30.2. The second-order valence-corrected chi connectivity index (χ2v) is 10.8. The molecule has 0 aliphatic heterocycles. The van der Waals surface area contributed by atoms with Crippen LogP contribution in [0.2, 0.25) is 0 Å². The van der Waals surface area contributed by atoms with E-state index in [1.807, 2.05) is 66.7 Å². The average molecular weight is 576 g/mol. The smallest absolute Gasteiger partial charge is 0.160 e. The van der Waals surface area contributed by atoms with Crippen molar-refractivity contribution < 1.29 is 0 Å². The summed E-state index contributed by atoms with van der Waals surface area (Å²) in [5.74, 6) is 0.631. The molecule has 210 valence electrons. The van der Waals surface area contributed by atoms with E-state index in [2.05, 4.69) is 95.6 Å². The highest BCUT2D eigenvalue weighted by molar-refractivity contribution is 6.07. The molecule has 8 aromatic rings. The molecule has 0 radical (unpaired) electrons. The van der Waals surface area contributed by atoms with Crippen LogP contribution in [0, 0.1) is 11.3 Å². The molecule has 5 aromatic carbocycles. The molecule has 0 N–H and O–H groups in total. The molecular weight excluding hydrogens is 550 g/mol. The van der Waals surface area contributed by atoms with Crippen LogP contribution in [0.5, 0.6) is 0 Å². The molecule has 0 bridgehead atoms. The van der Waals surface area contributed by atoms with Crippen molar-refractivity contribution in [2.24, 2.45) is 0 Å². The Morgan fingerprint density at radius 3 is 1.82 bits per heavy atom. The van der Waals surface area contributed by atoms with E-state index in [9.17, 15) is 0 Å². The molecule has 0 spiro atoms. The quantitative estimate of drug-likeness (QED) is 0.205. The van der Waals surface area contributed by atoms with E-state index in [4.69, 9.17) is 20.2 Å². The topological polar surface area (TPSA) is 67.4 Å². The van der Waals surface area contributed by atoms with Gasteiger partial charge in [0.05, 0.1) is 45.3 Å². The number of hydrogen-bond acceptors (Lipinski definition) is 4. The lowest BCUT2D eigenvalue weighted by Gasteiger charge is -2.10. The maximum absolute atomic E-state index is 9.15. The highest BCUT2D eigenvalue weighted by Gasteiger charge is 2.16. The highest BCUT2D eigenvalue weighted by atomic mass is 15.0. The summed E-state index contributed by atoms with van der Waals surface area (Å²) in [7, 11) is 0. The van der Waals surface area contributed by atoms with E-state index in [1.165, 1.54) is 0 Å². The van der Waals surface area contributed by atoms with Crippen LogP contribution in [0.3, 0.4) is 0 Å². The van der Waals surface area contributed by atoms with Gasteiger partial charge in [-0.3, -0.25) is 0 Å². The third kappa shape index (κ3) is 4.81. The number of nitriles is 1. The summed E-state index contributed by atoms with van der Waals surface area (Å²) < 4.78 is 2.26. The summed E-state index contributed by atoms with van der Waals surface area (Å²) in [6.07, 6.45) is 0. The number of benzene rings is 5. The minimum atomic E-state index is 0.631. The third-order valence-electron chi connectivity index (χ3n) is 8.08. The number of pyridine rings is 1. The normalized spacial score (nSPS) is 11.1. The molecule has 3 heterocycles. The van der Waals surface area contributed by atoms with Crippen LogP contribution in [0.1, 0.15) is 5.56 Å². The van der Waals surface area contributed by atoms with Gasteiger partial charge in [-0.25, -0.2) is 15.0 Å². The first-order chi connectivity index (χ1) is 22.2. The van der Waals surface area contributed by atoms with Crippen molar-refractivity contribution in [1.82, 2.24) is 19.5 Å². The van der Waals surface area contributed by atoms with Gasteiger partial charge in [-0.2, -0.15) is 5.26 Å². The number of hydrogen-bond donors (Lipinski definition) is 0. The Hall–Kier alpha value is -6.38. The predicted molar refractivity (Wildman–Crippen MR) is 181 cm³/mol. The lowest BCUT2D eigenvalue weighted by atomic mass is 10.0. The first-order valence-corrected chi connectivity index (χ1v) is 14.8. The van der Waals surface area contributed by atoms with E-state index >= 15 is 0 Å². The van der Waals surface area contributed by atoms with Crippen molar-refractivity contribution >= 4 is 21.9 Å². The van der Waals surface area contributed by atoms with Gasteiger partial charge in [-0.15, -0.1) is 0 Å². The fraction of sp³-hybridized carbons (Fsp3) is 0. The van der Waals surface area contributed by atoms with Gasteiger partial charge in [0.1, 0.15) is 0 Å². The molecule has 0 aliphatic rings. The molecule has 3 aromatic heterocycles. The third-order valence-corrected chi connectivity index (χ3v) is 8.08. The summed E-state index contributed by atoms with van der Waals surface area (Å²) >= 11 is 0. The van der Waals surface area contributed by atoms with Crippen LogP contribution in [0.15, 0.2) is 152 Å². The molecule has 0 unspecified atom stereocenters. The Balaban J connectivity index is 1.27. The molecule has 8 rings (SSSR count). The van der Waals surface area contributed by atoms with Crippen molar-refractivity contribution in [3.05, 3.63) is 157 Å². The Kier molecular flexibility index (Phi) is 6.44. The second kappa shape index (κ2) is 11.0. The minimum Gasteiger partial charge on any atom is -0.308 e. The summed E-state index contributed by atoms with van der Waals surface area (Å²) in [6.45, 7) is 0. The summed E-state index contributed by atoms with van der Waals surface area (Å²) in [6, 6.07) is 53.2.